The molecule has 2 rings (SSSR count). The average Bonchev–Trinajstić information content (AvgIpc) is 3.13. The van der Waals surface area contributed by atoms with Crippen LogP contribution in [0.5, 0.6) is 0 Å². The molecule has 0 aliphatic rings. The summed E-state index contributed by atoms with van der Waals surface area (Å²) in [6.45, 7) is 3.15. The number of ketones is 1. The lowest BCUT2D eigenvalue weighted by molar-refractivity contribution is -0.121. The van der Waals surface area contributed by atoms with E-state index in [1.54, 1.807) is 38.1 Å². The third kappa shape index (κ3) is 2.84. The Morgan fingerprint density at radius 1 is 0.950 bits per heavy atom. The minimum Gasteiger partial charge on any atom is -0.463 e. The Morgan fingerprint density at radius 2 is 1.35 bits per heavy atom. The van der Waals surface area contributed by atoms with E-state index in [1.165, 1.54) is 0 Å². The summed E-state index contributed by atoms with van der Waals surface area (Å²) < 4.78 is 10.8. The van der Waals surface area contributed by atoms with Crippen molar-refractivity contribution in [3.63, 3.8) is 0 Å². The molecule has 0 spiro atoms. The summed E-state index contributed by atoms with van der Waals surface area (Å²) in [5, 5.41) is 17.9. The van der Waals surface area contributed by atoms with Gasteiger partial charge in [0.05, 0.1) is 11.8 Å². The van der Waals surface area contributed by atoms with Crippen LogP contribution in [0.2, 0.25) is 0 Å². The zero-order valence-electron chi connectivity index (χ0n) is 11.5. The molecule has 5 heteroatoms. The molecule has 0 saturated heterocycles. The van der Waals surface area contributed by atoms with Crippen molar-refractivity contribution in [1.29, 1.82) is 0 Å². The zero-order chi connectivity index (χ0) is 14.7. The Labute approximate surface area is 116 Å². The van der Waals surface area contributed by atoms with E-state index in [0.717, 1.165) is 0 Å². The van der Waals surface area contributed by atoms with Crippen LogP contribution in [0.3, 0.4) is 0 Å². The fourth-order valence-corrected chi connectivity index (χ4v) is 2.08. The van der Waals surface area contributed by atoms with Crippen molar-refractivity contribution in [2.24, 2.45) is 0 Å². The van der Waals surface area contributed by atoms with Gasteiger partial charge in [-0.1, -0.05) is 0 Å². The van der Waals surface area contributed by atoms with E-state index in [4.69, 9.17) is 19.0 Å². The van der Waals surface area contributed by atoms with Crippen molar-refractivity contribution >= 4 is 5.78 Å². The molecule has 2 aromatic rings. The molecule has 0 saturated carbocycles. The van der Waals surface area contributed by atoms with Gasteiger partial charge in [-0.15, -0.1) is 0 Å². The molecule has 2 aromatic heterocycles. The molecule has 5 nitrogen and oxygen atoms in total. The fraction of sp³-hybridized carbons (Fsp3) is 0.400. The van der Waals surface area contributed by atoms with Crippen molar-refractivity contribution in [3.8, 4) is 0 Å². The van der Waals surface area contributed by atoms with Crippen LogP contribution >= 0.6 is 0 Å². The molecule has 0 radical (unpaired) electrons. The highest BCUT2D eigenvalue weighted by Gasteiger charge is 2.27. The van der Waals surface area contributed by atoms with Crippen LogP contribution in [0.1, 0.15) is 48.7 Å². The van der Waals surface area contributed by atoms with Crippen LogP contribution in [-0.4, -0.2) is 16.0 Å². The number of carbonyl (C=O) groups is 1. The number of aliphatic hydroxyl groups is 2. The van der Waals surface area contributed by atoms with Gasteiger partial charge >= 0.3 is 0 Å². The molecule has 0 aliphatic heterocycles. The van der Waals surface area contributed by atoms with Gasteiger partial charge in [-0.3, -0.25) is 4.79 Å². The molecule has 0 bridgehead atoms. The Balaban J connectivity index is 2.13. The van der Waals surface area contributed by atoms with Gasteiger partial charge in [0.25, 0.3) is 0 Å². The molecular weight excluding hydrogens is 260 g/mol. The summed E-state index contributed by atoms with van der Waals surface area (Å²) in [5.41, 5.74) is 0. The van der Waals surface area contributed by atoms with Crippen molar-refractivity contribution in [3.05, 3.63) is 47.3 Å². The maximum Gasteiger partial charge on any atom is 0.153 e. The molecule has 0 aliphatic carbocycles. The van der Waals surface area contributed by atoms with E-state index < -0.39 is 11.8 Å². The first-order valence-electron chi connectivity index (χ1n) is 6.49. The van der Waals surface area contributed by atoms with E-state index in [1.807, 2.05) is 0 Å². The summed E-state index contributed by atoms with van der Waals surface area (Å²) in [6.07, 6.45) is 0. The van der Waals surface area contributed by atoms with Crippen LogP contribution < -0.4 is 0 Å². The predicted molar refractivity (Wildman–Crippen MR) is 71.1 cm³/mol. The van der Waals surface area contributed by atoms with Gasteiger partial charge in [0, 0.05) is 0 Å². The summed E-state index contributed by atoms with van der Waals surface area (Å²) >= 11 is 0. The molecule has 2 atom stereocenters. The largest absolute Gasteiger partial charge is 0.463 e. The van der Waals surface area contributed by atoms with Gasteiger partial charge in [-0.2, -0.15) is 0 Å². The smallest absolute Gasteiger partial charge is 0.153 e. The summed E-state index contributed by atoms with van der Waals surface area (Å²) in [6, 6.07) is 6.70. The van der Waals surface area contributed by atoms with Gasteiger partial charge in [0.2, 0.25) is 0 Å². The Kier molecular flexibility index (Phi) is 4.42. The number of furan rings is 2. The Bertz CT molecular complexity index is 530. The summed E-state index contributed by atoms with van der Waals surface area (Å²) in [7, 11) is 0. The average molecular weight is 278 g/mol. The maximum absolute atomic E-state index is 12.4. The van der Waals surface area contributed by atoms with Crippen LogP contribution in [-0.2, 0) is 18.0 Å². The first-order valence-corrected chi connectivity index (χ1v) is 6.49. The highest BCUT2D eigenvalue weighted by molar-refractivity contribution is 5.90. The van der Waals surface area contributed by atoms with Gasteiger partial charge < -0.3 is 19.0 Å². The first-order chi connectivity index (χ1) is 9.56. The van der Waals surface area contributed by atoms with E-state index in [-0.39, 0.29) is 19.0 Å². The van der Waals surface area contributed by atoms with Gasteiger partial charge in [0.15, 0.2) is 5.78 Å². The minimum atomic E-state index is -0.423. The third-order valence-corrected chi connectivity index (χ3v) is 3.38. The van der Waals surface area contributed by atoms with Crippen LogP contribution in [0, 0.1) is 0 Å². The zero-order valence-corrected chi connectivity index (χ0v) is 11.5. The lowest BCUT2D eigenvalue weighted by Gasteiger charge is -2.12. The molecule has 2 heterocycles. The molecule has 20 heavy (non-hydrogen) atoms. The van der Waals surface area contributed by atoms with Gasteiger partial charge in [0.1, 0.15) is 36.3 Å². The van der Waals surface area contributed by atoms with Crippen molar-refractivity contribution < 1.29 is 23.8 Å². The molecular formula is C15H18O5. The van der Waals surface area contributed by atoms with E-state index in [2.05, 4.69) is 0 Å². The monoisotopic (exact) mass is 278 g/mol. The Morgan fingerprint density at radius 3 is 1.65 bits per heavy atom. The minimum absolute atomic E-state index is 0.0392. The number of hydrogen-bond acceptors (Lipinski definition) is 5. The topological polar surface area (TPSA) is 83.8 Å². The van der Waals surface area contributed by atoms with Crippen molar-refractivity contribution in [2.75, 3.05) is 0 Å². The van der Waals surface area contributed by atoms with E-state index in [0.29, 0.717) is 23.0 Å². The lowest BCUT2D eigenvalue weighted by Crippen LogP contribution is -2.15. The number of aliphatic hydroxyl groups excluding tert-OH is 2. The Hall–Kier alpha value is -1.85. The second-order valence-corrected chi connectivity index (χ2v) is 4.77. The number of hydrogen-bond donors (Lipinski definition) is 2. The van der Waals surface area contributed by atoms with Crippen molar-refractivity contribution in [2.45, 2.75) is 38.9 Å². The predicted octanol–water partition coefficient (Wildman–Crippen LogP) is 2.33. The van der Waals surface area contributed by atoms with Crippen molar-refractivity contribution in [1.82, 2.24) is 0 Å². The second kappa shape index (κ2) is 6.07. The third-order valence-electron chi connectivity index (χ3n) is 3.38. The fourth-order valence-electron chi connectivity index (χ4n) is 2.08. The number of carbonyl (C=O) groups excluding carboxylic acids is 1. The lowest BCUT2D eigenvalue weighted by atomic mass is 9.92. The second-order valence-electron chi connectivity index (χ2n) is 4.77. The molecule has 0 fully saturated rings. The van der Waals surface area contributed by atoms with Crippen LogP contribution in [0.25, 0.3) is 0 Å². The molecule has 108 valence electrons. The molecule has 2 unspecified atom stereocenters. The first kappa shape index (κ1) is 14.6. The maximum atomic E-state index is 12.4. The van der Waals surface area contributed by atoms with Crippen LogP contribution in [0.15, 0.2) is 33.1 Å². The summed E-state index contributed by atoms with van der Waals surface area (Å²) in [5.74, 6) is 1.05. The molecule has 0 amide bonds. The van der Waals surface area contributed by atoms with Gasteiger partial charge in [-0.25, -0.2) is 0 Å². The molecule has 0 aromatic carbocycles. The summed E-state index contributed by atoms with van der Waals surface area (Å²) in [4.78, 5) is 12.4. The van der Waals surface area contributed by atoms with E-state index >= 15 is 0 Å². The number of rotatable bonds is 6. The quantitative estimate of drug-likeness (QED) is 0.847. The van der Waals surface area contributed by atoms with Crippen LogP contribution in [0.4, 0.5) is 0 Å². The standard InChI is InChI=1S/C15H18O5/c1-9(13-5-3-11(7-16)19-13)15(18)10(2)14-6-4-12(8-17)20-14/h3-6,9-10,16-17H,7-8H2,1-2H3. The molecule has 2 N–H and O–H groups in total. The van der Waals surface area contributed by atoms with E-state index in [9.17, 15) is 4.79 Å². The normalized spacial score (nSPS) is 14.2. The highest BCUT2D eigenvalue weighted by atomic mass is 16.4. The SMILES string of the molecule is CC(C(=O)C(C)c1ccc(CO)o1)c1ccc(CO)o1. The highest BCUT2D eigenvalue weighted by Crippen LogP contribution is 2.28. The van der Waals surface area contributed by atoms with Gasteiger partial charge in [-0.05, 0) is 38.1 Å². The number of Topliss-reactive ketones (excluding diaryl/α,β-unsaturated/α-hetero) is 1.